The molecule has 9 nitrogen and oxygen atoms in total. The summed E-state index contributed by atoms with van der Waals surface area (Å²) in [5, 5.41) is 8.45. The lowest BCUT2D eigenvalue weighted by atomic mass is 10.1. The van der Waals surface area contributed by atoms with Gasteiger partial charge in [0.2, 0.25) is 11.8 Å². The average molecular weight is 435 g/mol. The Balaban J connectivity index is 1.61. The number of rotatable bonds is 6. The van der Waals surface area contributed by atoms with Crippen molar-refractivity contribution in [2.45, 2.75) is 45.2 Å². The maximum atomic E-state index is 12.9. The van der Waals surface area contributed by atoms with Gasteiger partial charge in [-0.3, -0.25) is 19.4 Å². The third kappa shape index (κ3) is 4.93. The lowest BCUT2D eigenvalue weighted by molar-refractivity contribution is -0.122. The minimum absolute atomic E-state index is 0.169. The van der Waals surface area contributed by atoms with Gasteiger partial charge in [-0.1, -0.05) is 6.07 Å². The number of pyridine rings is 1. The minimum Gasteiger partial charge on any atom is -0.354 e. The molecule has 32 heavy (non-hydrogen) atoms. The Morgan fingerprint density at radius 1 is 1.22 bits per heavy atom. The van der Waals surface area contributed by atoms with Crippen LogP contribution in [0, 0.1) is 0 Å². The molecule has 1 saturated heterocycles. The van der Waals surface area contributed by atoms with E-state index in [0.29, 0.717) is 42.7 Å². The van der Waals surface area contributed by atoms with Gasteiger partial charge in [-0.15, -0.1) is 0 Å². The van der Waals surface area contributed by atoms with Crippen LogP contribution in [0.2, 0.25) is 0 Å². The maximum absolute atomic E-state index is 12.9. The van der Waals surface area contributed by atoms with Crippen molar-refractivity contribution in [2.24, 2.45) is 0 Å². The first-order valence-corrected chi connectivity index (χ1v) is 10.8. The van der Waals surface area contributed by atoms with E-state index in [2.05, 4.69) is 25.9 Å². The standard InChI is InChI=1S/C23H26N6O3/c1-15(30)27-20-13-16(22(31)28-18-7-3-5-10-25-23(18)32)12-19-21(20)29(14-26-19)11-8-17-6-2-4-9-24-17/h2,4,6,9,12-14,18H,3,5,7-8,10-11H2,1H3,(H,25,32)(H,27,30)(H,28,31)/t18-/m0/s1. The molecule has 3 aromatic rings. The fourth-order valence-corrected chi connectivity index (χ4v) is 3.89. The van der Waals surface area contributed by atoms with Crippen molar-refractivity contribution in [3.05, 3.63) is 54.1 Å². The van der Waals surface area contributed by atoms with Crippen LogP contribution in [0.15, 0.2) is 42.9 Å². The van der Waals surface area contributed by atoms with Gasteiger partial charge in [0.15, 0.2) is 0 Å². The molecule has 0 spiro atoms. The molecule has 3 N–H and O–H groups in total. The van der Waals surface area contributed by atoms with Gasteiger partial charge in [0.05, 0.1) is 23.0 Å². The van der Waals surface area contributed by atoms with E-state index in [9.17, 15) is 14.4 Å². The van der Waals surface area contributed by atoms with Crippen LogP contribution in [0.3, 0.4) is 0 Å². The molecule has 1 atom stereocenters. The van der Waals surface area contributed by atoms with Crippen molar-refractivity contribution in [3.63, 3.8) is 0 Å². The highest BCUT2D eigenvalue weighted by molar-refractivity contribution is 6.05. The molecular weight excluding hydrogens is 408 g/mol. The van der Waals surface area contributed by atoms with E-state index in [-0.39, 0.29) is 17.7 Å². The number of benzene rings is 1. The number of imidazole rings is 1. The SMILES string of the molecule is CC(=O)Nc1cc(C(=O)N[C@H]2CCCCNC2=O)cc2ncn(CCc3ccccn3)c12. The number of anilines is 1. The lowest BCUT2D eigenvalue weighted by Crippen LogP contribution is -2.45. The molecular formula is C23H26N6O3. The number of amides is 3. The summed E-state index contributed by atoms with van der Waals surface area (Å²) < 4.78 is 1.94. The van der Waals surface area contributed by atoms with Crippen molar-refractivity contribution in [1.29, 1.82) is 0 Å². The van der Waals surface area contributed by atoms with Gasteiger partial charge in [-0.2, -0.15) is 0 Å². The van der Waals surface area contributed by atoms with Crippen LogP contribution in [0.4, 0.5) is 5.69 Å². The molecule has 1 aromatic carbocycles. The molecule has 3 heterocycles. The van der Waals surface area contributed by atoms with E-state index < -0.39 is 6.04 Å². The van der Waals surface area contributed by atoms with Crippen LogP contribution in [-0.2, 0) is 22.6 Å². The van der Waals surface area contributed by atoms with Crippen LogP contribution in [0.25, 0.3) is 11.0 Å². The summed E-state index contributed by atoms with van der Waals surface area (Å²) in [5.74, 6) is -0.786. The van der Waals surface area contributed by atoms with Crippen molar-refractivity contribution in [3.8, 4) is 0 Å². The van der Waals surface area contributed by atoms with E-state index in [1.165, 1.54) is 6.92 Å². The minimum atomic E-state index is -0.569. The summed E-state index contributed by atoms with van der Waals surface area (Å²) in [5.41, 5.74) is 3.12. The number of aromatic nitrogens is 3. The Morgan fingerprint density at radius 2 is 2.09 bits per heavy atom. The second-order valence-electron chi connectivity index (χ2n) is 7.89. The summed E-state index contributed by atoms with van der Waals surface area (Å²) in [6.45, 7) is 2.66. The van der Waals surface area contributed by atoms with Crippen molar-refractivity contribution >= 4 is 34.4 Å². The van der Waals surface area contributed by atoms with Crippen LogP contribution >= 0.6 is 0 Å². The van der Waals surface area contributed by atoms with Crippen molar-refractivity contribution < 1.29 is 14.4 Å². The van der Waals surface area contributed by atoms with Gasteiger partial charge in [0, 0.05) is 43.9 Å². The highest BCUT2D eigenvalue weighted by Gasteiger charge is 2.24. The van der Waals surface area contributed by atoms with Gasteiger partial charge in [-0.25, -0.2) is 4.98 Å². The molecule has 0 bridgehead atoms. The van der Waals surface area contributed by atoms with E-state index in [1.54, 1.807) is 24.7 Å². The lowest BCUT2D eigenvalue weighted by Gasteiger charge is -2.16. The van der Waals surface area contributed by atoms with Crippen LogP contribution in [-0.4, -0.2) is 44.8 Å². The number of hydrogen-bond acceptors (Lipinski definition) is 5. The number of aryl methyl sites for hydroxylation is 2. The van der Waals surface area contributed by atoms with Gasteiger partial charge in [0.25, 0.3) is 5.91 Å². The number of nitrogens with one attached hydrogen (secondary N) is 3. The number of carbonyl (C=O) groups is 3. The number of hydrogen-bond donors (Lipinski definition) is 3. The zero-order valence-corrected chi connectivity index (χ0v) is 17.9. The molecule has 1 aliphatic heterocycles. The smallest absolute Gasteiger partial charge is 0.252 e. The Hall–Kier alpha value is -3.75. The van der Waals surface area contributed by atoms with E-state index in [0.717, 1.165) is 24.1 Å². The van der Waals surface area contributed by atoms with Crippen LogP contribution < -0.4 is 16.0 Å². The topological polar surface area (TPSA) is 118 Å². The van der Waals surface area contributed by atoms with Crippen LogP contribution in [0.1, 0.15) is 42.2 Å². The highest BCUT2D eigenvalue weighted by Crippen LogP contribution is 2.26. The van der Waals surface area contributed by atoms with E-state index in [4.69, 9.17) is 0 Å². The summed E-state index contributed by atoms with van der Waals surface area (Å²) >= 11 is 0. The Morgan fingerprint density at radius 3 is 2.88 bits per heavy atom. The predicted octanol–water partition coefficient (Wildman–Crippen LogP) is 2.03. The molecule has 0 unspecified atom stereocenters. The predicted molar refractivity (Wildman–Crippen MR) is 120 cm³/mol. The normalized spacial score (nSPS) is 16.3. The molecule has 1 fully saturated rings. The molecule has 2 aromatic heterocycles. The quantitative estimate of drug-likeness (QED) is 0.549. The van der Waals surface area contributed by atoms with Crippen molar-refractivity contribution in [1.82, 2.24) is 25.2 Å². The molecule has 0 aliphatic carbocycles. The second-order valence-corrected chi connectivity index (χ2v) is 7.89. The molecule has 166 valence electrons. The molecule has 9 heteroatoms. The third-order valence-corrected chi connectivity index (χ3v) is 5.46. The maximum Gasteiger partial charge on any atom is 0.252 e. The van der Waals surface area contributed by atoms with E-state index in [1.807, 2.05) is 22.8 Å². The zero-order valence-electron chi connectivity index (χ0n) is 17.9. The Labute approximate surface area is 185 Å². The number of nitrogens with zero attached hydrogens (tertiary/aromatic N) is 3. The Kier molecular flexibility index (Phi) is 6.44. The first-order chi connectivity index (χ1) is 15.5. The fraction of sp³-hybridized carbons (Fsp3) is 0.348. The van der Waals surface area contributed by atoms with E-state index >= 15 is 0 Å². The molecule has 4 rings (SSSR count). The summed E-state index contributed by atoms with van der Waals surface area (Å²) in [4.78, 5) is 45.8. The summed E-state index contributed by atoms with van der Waals surface area (Å²) in [6.07, 6.45) is 6.50. The highest BCUT2D eigenvalue weighted by atomic mass is 16.2. The zero-order chi connectivity index (χ0) is 22.5. The molecule has 1 aliphatic rings. The number of fused-ring (bicyclic) bond motifs is 1. The average Bonchev–Trinajstić information content (AvgIpc) is 3.09. The van der Waals surface area contributed by atoms with Gasteiger partial charge < -0.3 is 20.5 Å². The Bertz CT molecular complexity index is 1140. The number of carbonyl (C=O) groups excluding carboxylic acids is 3. The van der Waals surface area contributed by atoms with Gasteiger partial charge in [-0.05, 0) is 43.5 Å². The first kappa shape index (κ1) is 21.5. The third-order valence-electron chi connectivity index (χ3n) is 5.46. The molecule has 3 amide bonds. The first-order valence-electron chi connectivity index (χ1n) is 10.8. The summed E-state index contributed by atoms with van der Waals surface area (Å²) in [6, 6.07) is 8.52. The molecule has 0 radical (unpaired) electrons. The van der Waals surface area contributed by atoms with Crippen LogP contribution in [0.5, 0.6) is 0 Å². The van der Waals surface area contributed by atoms with Gasteiger partial charge in [0.1, 0.15) is 6.04 Å². The van der Waals surface area contributed by atoms with Gasteiger partial charge >= 0.3 is 0 Å². The largest absolute Gasteiger partial charge is 0.354 e. The monoisotopic (exact) mass is 434 g/mol. The fourth-order valence-electron chi connectivity index (χ4n) is 3.89. The summed E-state index contributed by atoms with van der Waals surface area (Å²) in [7, 11) is 0. The second kappa shape index (κ2) is 9.59. The molecule has 0 saturated carbocycles. The van der Waals surface area contributed by atoms with Crippen molar-refractivity contribution in [2.75, 3.05) is 11.9 Å².